The topological polar surface area (TPSA) is 66.4 Å². The number of hydrogen-bond donors (Lipinski definition) is 2. The van der Waals surface area contributed by atoms with Crippen molar-refractivity contribution in [1.82, 2.24) is 5.32 Å². The van der Waals surface area contributed by atoms with Gasteiger partial charge in [0.05, 0.1) is 5.41 Å². The number of aliphatic carboxylic acids is 1. The number of carboxylic acids is 1. The van der Waals surface area contributed by atoms with Crippen LogP contribution in [0.15, 0.2) is 0 Å². The molecule has 1 unspecified atom stereocenters. The Balaban J connectivity index is 4.36. The molecule has 0 fully saturated rings. The second kappa shape index (κ2) is 4.85. The Hall–Kier alpha value is -1.06. The van der Waals surface area contributed by atoms with Gasteiger partial charge in [0, 0.05) is 12.5 Å². The zero-order chi connectivity index (χ0) is 13.1. The van der Waals surface area contributed by atoms with Crippen molar-refractivity contribution in [2.75, 3.05) is 0 Å². The van der Waals surface area contributed by atoms with Crippen molar-refractivity contribution in [3.05, 3.63) is 0 Å². The Kier molecular flexibility index (Phi) is 4.53. The van der Waals surface area contributed by atoms with E-state index in [0.717, 1.165) is 0 Å². The normalized spacial score (nSPS) is 14.4. The molecule has 1 atom stereocenters. The first kappa shape index (κ1) is 14.9. The number of carboxylic acid groups (broad SMARTS) is 1. The maximum Gasteiger partial charge on any atom is 0.309 e. The Morgan fingerprint density at radius 3 is 1.94 bits per heavy atom. The molecule has 94 valence electrons. The monoisotopic (exact) mass is 229 g/mol. The van der Waals surface area contributed by atoms with Crippen molar-refractivity contribution in [3.63, 3.8) is 0 Å². The summed E-state index contributed by atoms with van der Waals surface area (Å²) in [5, 5.41) is 11.7. The van der Waals surface area contributed by atoms with Gasteiger partial charge in [0.25, 0.3) is 0 Å². The molecule has 0 aromatic rings. The third-order valence-electron chi connectivity index (χ3n) is 2.86. The Bertz CT molecular complexity index is 276. The van der Waals surface area contributed by atoms with Crippen LogP contribution >= 0.6 is 0 Å². The summed E-state index contributed by atoms with van der Waals surface area (Å²) in [4.78, 5) is 22.5. The van der Waals surface area contributed by atoms with E-state index in [9.17, 15) is 9.59 Å². The summed E-state index contributed by atoms with van der Waals surface area (Å²) in [7, 11) is 0. The lowest BCUT2D eigenvalue weighted by Crippen LogP contribution is -2.43. The first-order valence-corrected chi connectivity index (χ1v) is 5.49. The molecule has 0 aromatic carbocycles. The minimum absolute atomic E-state index is 0.00273. The van der Waals surface area contributed by atoms with Gasteiger partial charge in [0.1, 0.15) is 0 Å². The van der Waals surface area contributed by atoms with E-state index in [2.05, 4.69) is 5.32 Å². The van der Waals surface area contributed by atoms with E-state index in [1.807, 2.05) is 27.7 Å². The number of carbonyl (C=O) groups excluding carboxylic acids is 1. The molecule has 0 radical (unpaired) electrons. The van der Waals surface area contributed by atoms with Gasteiger partial charge < -0.3 is 10.4 Å². The van der Waals surface area contributed by atoms with Crippen LogP contribution in [0.3, 0.4) is 0 Å². The Labute approximate surface area is 97.4 Å². The summed E-state index contributed by atoms with van der Waals surface area (Å²) < 4.78 is 0. The van der Waals surface area contributed by atoms with Crippen LogP contribution in [-0.2, 0) is 9.59 Å². The minimum Gasteiger partial charge on any atom is -0.481 e. The van der Waals surface area contributed by atoms with Gasteiger partial charge in [-0.05, 0) is 26.2 Å². The summed E-state index contributed by atoms with van der Waals surface area (Å²) >= 11 is 0. The smallest absolute Gasteiger partial charge is 0.309 e. The molecular weight excluding hydrogens is 206 g/mol. The second-order valence-corrected chi connectivity index (χ2v) is 6.02. The quantitative estimate of drug-likeness (QED) is 0.775. The van der Waals surface area contributed by atoms with E-state index in [1.165, 1.54) is 0 Å². The molecule has 2 N–H and O–H groups in total. The minimum atomic E-state index is -1.01. The van der Waals surface area contributed by atoms with Gasteiger partial charge in [-0.15, -0.1) is 0 Å². The second-order valence-electron chi connectivity index (χ2n) is 6.02. The third-order valence-corrected chi connectivity index (χ3v) is 2.86. The van der Waals surface area contributed by atoms with Gasteiger partial charge in [0.15, 0.2) is 0 Å². The lowest BCUT2D eigenvalue weighted by atomic mass is 9.86. The molecule has 0 spiro atoms. The van der Waals surface area contributed by atoms with Crippen molar-refractivity contribution in [2.24, 2.45) is 10.8 Å². The van der Waals surface area contributed by atoms with Crippen LogP contribution in [-0.4, -0.2) is 23.0 Å². The number of nitrogens with one attached hydrogen (secondary N) is 1. The molecule has 0 aliphatic heterocycles. The molecule has 4 nitrogen and oxygen atoms in total. The highest BCUT2D eigenvalue weighted by molar-refractivity contribution is 5.84. The lowest BCUT2D eigenvalue weighted by molar-refractivity contribution is -0.149. The van der Waals surface area contributed by atoms with Gasteiger partial charge in [-0.1, -0.05) is 20.8 Å². The Morgan fingerprint density at radius 2 is 1.62 bits per heavy atom. The largest absolute Gasteiger partial charge is 0.481 e. The summed E-state index contributed by atoms with van der Waals surface area (Å²) in [6.07, 6.45) is 0.00273. The predicted octanol–water partition coefficient (Wildman–Crippen LogP) is 2.04. The number of carbonyl (C=O) groups is 2. The molecular formula is C12H23NO3. The zero-order valence-corrected chi connectivity index (χ0v) is 11.0. The van der Waals surface area contributed by atoms with Crippen LogP contribution in [0, 0.1) is 10.8 Å². The highest BCUT2D eigenvalue weighted by Crippen LogP contribution is 2.22. The highest BCUT2D eigenvalue weighted by atomic mass is 16.4. The van der Waals surface area contributed by atoms with Crippen LogP contribution in [0.25, 0.3) is 0 Å². The van der Waals surface area contributed by atoms with Crippen LogP contribution < -0.4 is 5.32 Å². The molecule has 0 bridgehead atoms. The fraction of sp³-hybridized carbons (Fsp3) is 0.833. The van der Waals surface area contributed by atoms with E-state index in [-0.39, 0.29) is 23.8 Å². The maximum atomic E-state index is 11.6. The molecule has 0 saturated carbocycles. The van der Waals surface area contributed by atoms with Crippen molar-refractivity contribution in [2.45, 2.75) is 54.0 Å². The summed E-state index contributed by atoms with van der Waals surface area (Å²) in [6, 6.07) is 0.0181. The number of rotatable bonds is 4. The predicted molar refractivity (Wildman–Crippen MR) is 63.1 cm³/mol. The fourth-order valence-electron chi connectivity index (χ4n) is 0.986. The van der Waals surface area contributed by atoms with E-state index >= 15 is 0 Å². The molecule has 0 saturated heterocycles. The van der Waals surface area contributed by atoms with Gasteiger partial charge in [-0.25, -0.2) is 0 Å². The van der Waals surface area contributed by atoms with Gasteiger partial charge in [-0.3, -0.25) is 9.59 Å². The number of amides is 1. The van der Waals surface area contributed by atoms with Crippen LogP contribution in [0.4, 0.5) is 0 Å². The maximum absolute atomic E-state index is 11.6. The standard InChI is InChI=1S/C12H23NO3/c1-8(11(2,3)4)13-9(14)7-12(5,6)10(15)16/h8H,7H2,1-6H3,(H,13,14)(H,15,16). The number of hydrogen-bond acceptors (Lipinski definition) is 2. The molecule has 4 heteroatoms. The first-order chi connectivity index (χ1) is 6.97. The molecule has 0 heterocycles. The summed E-state index contributed by atoms with van der Waals surface area (Å²) in [5.74, 6) is -1.17. The van der Waals surface area contributed by atoms with E-state index in [1.54, 1.807) is 13.8 Å². The molecule has 0 aliphatic carbocycles. The average molecular weight is 229 g/mol. The first-order valence-electron chi connectivity index (χ1n) is 5.49. The van der Waals surface area contributed by atoms with Crippen LogP contribution in [0.1, 0.15) is 48.0 Å². The summed E-state index contributed by atoms with van der Waals surface area (Å²) in [6.45, 7) is 11.1. The lowest BCUT2D eigenvalue weighted by Gasteiger charge is -2.29. The van der Waals surface area contributed by atoms with Crippen LogP contribution in [0.5, 0.6) is 0 Å². The Morgan fingerprint density at radius 1 is 1.19 bits per heavy atom. The van der Waals surface area contributed by atoms with Crippen LogP contribution in [0.2, 0.25) is 0 Å². The van der Waals surface area contributed by atoms with E-state index in [4.69, 9.17) is 5.11 Å². The molecule has 0 rings (SSSR count). The van der Waals surface area contributed by atoms with E-state index in [0.29, 0.717) is 0 Å². The van der Waals surface area contributed by atoms with Crippen molar-refractivity contribution in [1.29, 1.82) is 0 Å². The van der Waals surface area contributed by atoms with Crippen molar-refractivity contribution < 1.29 is 14.7 Å². The van der Waals surface area contributed by atoms with Gasteiger partial charge in [-0.2, -0.15) is 0 Å². The molecule has 0 aliphatic rings. The van der Waals surface area contributed by atoms with Gasteiger partial charge >= 0.3 is 5.97 Å². The van der Waals surface area contributed by atoms with Crippen molar-refractivity contribution in [3.8, 4) is 0 Å². The SMILES string of the molecule is CC(NC(=O)CC(C)(C)C(=O)O)C(C)(C)C. The molecule has 1 amide bonds. The zero-order valence-electron chi connectivity index (χ0n) is 11.0. The summed E-state index contributed by atoms with van der Waals surface area (Å²) in [5.41, 5.74) is -1.04. The molecule has 0 aromatic heterocycles. The highest BCUT2D eigenvalue weighted by Gasteiger charge is 2.31. The third kappa shape index (κ3) is 4.64. The van der Waals surface area contributed by atoms with E-state index < -0.39 is 11.4 Å². The molecule has 16 heavy (non-hydrogen) atoms. The van der Waals surface area contributed by atoms with Crippen molar-refractivity contribution >= 4 is 11.9 Å². The average Bonchev–Trinajstić information content (AvgIpc) is 2.00. The fourth-order valence-corrected chi connectivity index (χ4v) is 0.986. The van der Waals surface area contributed by atoms with Gasteiger partial charge in [0.2, 0.25) is 5.91 Å².